The summed E-state index contributed by atoms with van der Waals surface area (Å²) in [5.74, 6) is -0.0367. The Morgan fingerprint density at radius 2 is 1.83 bits per heavy atom. The van der Waals surface area contributed by atoms with Gasteiger partial charge in [-0.25, -0.2) is 9.18 Å². The van der Waals surface area contributed by atoms with Gasteiger partial charge in [0.25, 0.3) is 0 Å². The van der Waals surface area contributed by atoms with Crippen molar-refractivity contribution >= 4 is 17.6 Å². The Balaban J connectivity index is 1.84. The van der Waals surface area contributed by atoms with E-state index >= 15 is 0 Å². The third-order valence-corrected chi connectivity index (χ3v) is 4.11. The third kappa shape index (κ3) is 3.08. The van der Waals surface area contributed by atoms with Gasteiger partial charge in [0.2, 0.25) is 0 Å². The van der Waals surface area contributed by atoms with Crippen LogP contribution in [-0.2, 0) is 0 Å². The number of rotatable bonds is 2. The summed E-state index contributed by atoms with van der Waals surface area (Å²) in [6.07, 6.45) is 0.722. The molecule has 0 radical (unpaired) electrons. The highest BCUT2D eigenvalue weighted by atomic mass is 19.1. The molecule has 2 aromatic carbocycles. The Morgan fingerprint density at radius 1 is 1.17 bits per heavy atom. The quantitative estimate of drug-likeness (QED) is 0.847. The minimum absolute atomic E-state index is 0.0131. The molecule has 1 saturated heterocycles. The largest absolute Gasteiger partial charge is 0.327 e. The molecule has 1 fully saturated rings. The predicted octanol–water partition coefficient (Wildman–Crippen LogP) is 4.42. The van der Waals surface area contributed by atoms with Crippen LogP contribution in [0.15, 0.2) is 54.6 Å². The molecule has 23 heavy (non-hydrogen) atoms. The zero-order chi connectivity index (χ0) is 16.4. The van der Waals surface area contributed by atoms with Crippen LogP contribution < -0.4 is 5.32 Å². The molecule has 0 saturated carbocycles. The first kappa shape index (κ1) is 15.2. The molecule has 4 nitrogen and oxygen atoms in total. The van der Waals surface area contributed by atoms with E-state index in [2.05, 4.69) is 5.32 Å². The van der Waals surface area contributed by atoms with Crippen molar-refractivity contribution in [3.05, 3.63) is 66.0 Å². The number of hydrogen-bond donors (Lipinski definition) is 2. The number of amides is 2. The van der Waals surface area contributed by atoms with Gasteiger partial charge in [-0.15, -0.1) is 0 Å². The van der Waals surface area contributed by atoms with Crippen molar-refractivity contribution < 1.29 is 9.18 Å². The SMILES string of the molecule is CC1CC(c2ccccc2)N(C(=O)Nc2ccc(F)cc2)C1=N. The van der Waals surface area contributed by atoms with Gasteiger partial charge >= 0.3 is 6.03 Å². The topological polar surface area (TPSA) is 56.2 Å². The zero-order valence-corrected chi connectivity index (χ0v) is 12.8. The van der Waals surface area contributed by atoms with E-state index < -0.39 is 0 Å². The third-order valence-electron chi connectivity index (χ3n) is 4.11. The number of hydrogen-bond acceptors (Lipinski definition) is 2. The van der Waals surface area contributed by atoms with E-state index in [1.54, 1.807) is 0 Å². The first-order valence-electron chi connectivity index (χ1n) is 7.55. The number of anilines is 1. The van der Waals surface area contributed by atoms with Crippen molar-refractivity contribution in [2.75, 3.05) is 5.32 Å². The number of halogens is 1. The van der Waals surface area contributed by atoms with Crippen molar-refractivity contribution in [3.63, 3.8) is 0 Å². The summed E-state index contributed by atoms with van der Waals surface area (Å²) in [5, 5.41) is 11.0. The van der Waals surface area contributed by atoms with E-state index in [0.29, 0.717) is 11.5 Å². The molecule has 2 aromatic rings. The Kier molecular flexibility index (Phi) is 4.10. The molecule has 1 aliphatic rings. The normalized spacial score (nSPS) is 20.6. The van der Waals surface area contributed by atoms with E-state index in [1.807, 2.05) is 37.3 Å². The minimum Gasteiger partial charge on any atom is -0.307 e. The lowest BCUT2D eigenvalue weighted by Crippen LogP contribution is -2.38. The molecule has 0 bridgehead atoms. The fourth-order valence-electron chi connectivity index (χ4n) is 2.89. The van der Waals surface area contributed by atoms with Crippen LogP contribution in [-0.4, -0.2) is 16.8 Å². The number of nitrogens with zero attached hydrogens (tertiary/aromatic N) is 1. The van der Waals surface area contributed by atoms with Crippen LogP contribution in [0.2, 0.25) is 0 Å². The fourth-order valence-corrected chi connectivity index (χ4v) is 2.89. The molecule has 2 N–H and O–H groups in total. The summed E-state index contributed by atoms with van der Waals surface area (Å²) in [5.41, 5.74) is 1.52. The molecule has 0 aromatic heterocycles. The Labute approximate surface area is 134 Å². The number of benzene rings is 2. The monoisotopic (exact) mass is 311 g/mol. The van der Waals surface area contributed by atoms with Gasteiger partial charge in [0.05, 0.1) is 6.04 Å². The standard InChI is InChI=1S/C18H18FN3O/c1-12-11-16(13-5-3-2-4-6-13)22(17(12)20)18(23)21-15-9-7-14(19)8-10-15/h2-10,12,16,20H,11H2,1H3,(H,21,23). The lowest BCUT2D eigenvalue weighted by molar-refractivity contribution is 0.225. The average Bonchev–Trinajstić information content (AvgIpc) is 2.86. The molecule has 1 aliphatic heterocycles. The summed E-state index contributed by atoms with van der Waals surface area (Å²) in [4.78, 5) is 14.1. The molecule has 118 valence electrons. The Morgan fingerprint density at radius 3 is 2.48 bits per heavy atom. The van der Waals surface area contributed by atoms with Crippen LogP contribution in [0.1, 0.15) is 24.9 Å². The molecular formula is C18H18FN3O. The van der Waals surface area contributed by atoms with E-state index in [1.165, 1.54) is 29.2 Å². The molecule has 1 heterocycles. The van der Waals surface area contributed by atoms with Gasteiger partial charge in [-0.3, -0.25) is 10.3 Å². The molecule has 0 spiro atoms. The van der Waals surface area contributed by atoms with Crippen molar-refractivity contribution in [2.24, 2.45) is 5.92 Å². The van der Waals surface area contributed by atoms with Gasteiger partial charge in [0.15, 0.2) is 0 Å². The Bertz CT molecular complexity index is 715. The minimum atomic E-state index is -0.361. The molecule has 5 heteroatoms. The number of urea groups is 1. The van der Waals surface area contributed by atoms with Crippen LogP contribution in [0.5, 0.6) is 0 Å². The maximum absolute atomic E-state index is 13.0. The number of carbonyl (C=O) groups excluding carboxylic acids is 1. The number of likely N-dealkylation sites (tertiary alicyclic amines) is 1. The van der Waals surface area contributed by atoms with Crippen molar-refractivity contribution in [1.82, 2.24) is 4.90 Å². The highest BCUT2D eigenvalue weighted by molar-refractivity contribution is 6.04. The maximum Gasteiger partial charge on any atom is 0.327 e. The first-order chi connectivity index (χ1) is 11.1. The summed E-state index contributed by atoms with van der Waals surface area (Å²) in [6.45, 7) is 1.95. The zero-order valence-electron chi connectivity index (χ0n) is 12.8. The number of carbonyl (C=O) groups is 1. The van der Waals surface area contributed by atoms with Crippen LogP contribution >= 0.6 is 0 Å². The van der Waals surface area contributed by atoms with Gasteiger partial charge in [0, 0.05) is 11.6 Å². The maximum atomic E-state index is 13.0. The van der Waals surface area contributed by atoms with Crippen molar-refractivity contribution in [3.8, 4) is 0 Å². The molecule has 0 aliphatic carbocycles. The Hall–Kier alpha value is -2.69. The van der Waals surface area contributed by atoms with Crippen LogP contribution in [0.3, 0.4) is 0 Å². The van der Waals surface area contributed by atoms with Gasteiger partial charge in [-0.1, -0.05) is 37.3 Å². The molecule has 2 unspecified atom stereocenters. The molecule has 3 rings (SSSR count). The highest BCUT2D eigenvalue weighted by Gasteiger charge is 2.38. The number of nitrogens with one attached hydrogen (secondary N) is 2. The van der Waals surface area contributed by atoms with Crippen molar-refractivity contribution in [2.45, 2.75) is 19.4 Å². The molecule has 2 atom stereocenters. The summed E-state index contributed by atoms with van der Waals surface area (Å²) in [6, 6.07) is 14.8. The second-order valence-corrected chi connectivity index (χ2v) is 5.76. The molecular weight excluding hydrogens is 293 g/mol. The van der Waals surface area contributed by atoms with Gasteiger partial charge in [0.1, 0.15) is 11.7 Å². The van der Waals surface area contributed by atoms with Gasteiger partial charge in [-0.05, 0) is 36.2 Å². The lowest BCUT2D eigenvalue weighted by Gasteiger charge is -2.25. The fraction of sp³-hybridized carbons (Fsp3) is 0.222. The second kappa shape index (κ2) is 6.20. The lowest BCUT2D eigenvalue weighted by atomic mass is 10.0. The van der Waals surface area contributed by atoms with E-state index in [4.69, 9.17) is 5.41 Å². The molecule has 2 amide bonds. The van der Waals surface area contributed by atoms with E-state index in [-0.39, 0.29) is 23.8 Å². The smallest absolute Gasteiger partial charge is 0.307 e. The summed E-state index contributed by atoms with van der Waals surface area (Å²) >= 11 is 0. The highest BCUT2D eigenvalue weighted by Crippen LogP contribution is 2.36. The van der Waals surface area contributed by atoms with E-state index in [0.717, 1.165) is 12.0 Å². The summed E-state index contributed by atoms with van der Waals surface area (Å²) < 4.78 is 13.0. The van der Waals surface area contributed by atoms with Gasteiger partial charge < -0.3 is 5.32 Å². The van der Waals surface area contributed by atoms with E-state index in [9.17, 15) is 9.18 Å². The van der Waals surface area contributed by atoms with Crippen molar-refractivity contribution in [1.29, 1.82) is 5.41 Å². The van der Waals surface area contributed by atoms with Crippen LogP contribution in [0.25, 0.3) is 0 Å². The number of amidine groups is 1. The summed E-state index contributed by atoms with van der Waals surface area (Å²) in [7, 11) is 0. The van der Waals surface area contributed by atoms with Gasteiger partial charge in [-0.2, -0.15) is 0 Å². The van der Waals surface area contributed by atoms with Crippen LogP contribution in [0.4, 0.5) is 14.9 Å². The average molecular weight is 311 g/mol. The predicted molar refractivity (Wildman–Crippen MR) is 87.9 cm³/mol. The first-order valence-corrected chi connectivity index (χ1v) is 7.55. The van der Waals surface area contributed by atoms with Crippen LogP contribution in [0, 0.1) is 17.1 Å². The second-order valence-electron chi connectivity index (χ2n) is 5.76.